The van der Waals surface area contributed by atoms with Gasteiger partial charge < -0.3 is 15.2 Å². The quantitative estimate of drug-likeness (QED) is 0.868. The number of pyridine rings is 1. The molecule has 1 aromatic heterocycles. The number of aromatic nitrogens is 1. The van der Waals surface area contributed by atoms with Crippen LogP contribution >= 0.6 is 0 Å². The third-order valence-electron chi connectivity index (χ3n) is 3.59. The van der Waals surface area contributed by atoms with Crippen LogP contribution in [-0.2, 0) is 4.79 Å². The molecule has 0 unspecified atom stereocenters. The normalized spacial score (nSPS) is 21.5. The van der Waals surface area contributed by atoms with Crippen LogP contribution in [-0.4, -0.2) is 35.1 Å². The van der Waals surface area contributed by atoms with Gasteiger partial charge >= 0.3 is 5.97 Å². The lowest BCUT2D eigenvalue weighted by molar-refractivity contribution is -0.142. The first-order chi connectivity index (χ1) is 9.52. The lowest BCUT2D eigenvalue weighted by Crippen LogP contribution is -2.40. The summed E-state index contributed by atoms with van der Waals surface area (Å²) in [5.74, 6) is -1.45. The maximum Gasteiger partial charge on any atom is 0.308 e. The molecule has 1 heterocycles. The Bertz CT molecular complexity index is 530. The number of aliphatic carboxylic acids is 1. The maximum atomic E-state index is 12.2. The molecule has 0 radical (unpaired) electrons. The molecule has 1 aliphatic carbocycles. The number of nitrogens with one attached hydrogen (secondary N) is 1. The van der Waals surface area contributed by atoms with Gasteiger partial charge in [-0.25, -0.2) is 4.98 Å². The third kappa shape index (κ3) is 2.89. The molecule has 0 spiro atoms. The van der Waals surface area contributed by atoms with Crippen molar-refractivity contribution in [3.05, 3.63) is 23.4 Å². The third-order valence-corrected chi connectivity index (χ3v) is 3.59. The van der Waals surface area contributed by atoms with Gasteiger partial charge in [0.25, 0.3) is 5.91 Å². The fraction of sp³-hybridized carbons (Fsp3) is 0.500. The van der Waals surface area contributed by atoms with Gasteiger partial charge in [0.05, 0.1) is 13.0 Å². The molecule has 1 fully saturated rings. The topological polar surface area (TPSA) is 88.5 Å². The molecule has 0 aliphatic heterocycles. The highest BCUT2D eigenvalue weighted by Gasteiger charge is 2.34. The van der Waals surface area contributed by atoms with E-state index in [2.05, 4.69) is 10.3 Å². The number of hydrogen-bond acceptors (Lipinski definition) is 4. The van der Waals surface area contributed by atoms with Crippen molar-refractivity contribution in [1.82, 2.24) is 10.3 Å². The average molecular weight is 278 g/mol. The standard InChI is InChI=1S/C14H18N2O4/c1-8-6-7-10(13(15-8)20-2)12(17)16-11-5-3-4-9(11)14(18)19/h6-7,9,11H,3-5H2,1-2H3,(H,16,17)(H,18,19)/t9-,11+/m0/s1. The van der Waals surface area contributed by atoms with Crippen LogP contribution in [0.25, 0.3) is 0 Å². The molecule has 20 heavy (non-hydrogen) atoms. The zero-order valence-electron chi connectivity index (χ0n) is 11.5. The number of amides is 1. The molecule has 2 atom stereocenters. The Morgan fingerprint density at radius 1 is 1.40 bits per heavy atom. The van der Waals surface area contributed by atoms with E-state index in [-0.39, 0.29) is 17.8 Å². The summed E-state index contributed by atoms with van der Waals surface area (Å²) < 4.78 is 5.10. The molecule has 1 aliphatic rings. The smallest absolute Gasteiger partial charge is 0.308 e. The summed E-state index contributed by atoms with van der Waals surface area (Å²) in [5, 5.41) is 11.9. The Kier molecular flexibility index (Phi) is 4.22. The van der Waals surface area contributed by atoms with Gasteiger partial charge in [0.15, 0.2) is 0 Å². The second-order valence-corrected chi connectivity index (χ2v) is 4.97. The number of hydrogen-bond donors (Lipinski definition) is 2. The van der Waals surface area contributed by atoms with Crippen molar-refractivity contribution in [2.75, 3.05) is 7.11 Å². The minimum atomic E-state index is -0.859. The van der Waals surface area contributed by atoms with Crippen molar-refractivity contribution in [3.63, 3.8) is 0 Å². The zero-order valence-corrected chi connectivity index (χ0v) is 11.5. The minimum Gasteiger partial charge on any atom is -0.481 e. The molecule has 2 rings (SSSR count). The number of carboxylic acid groups (broad SMARTS) is 1. The van der Waals surface area contributed by atoms with Crippen LogP contribution in [0.3, 0.4) is 0 Å². The van der Waals surface area contributed by atoms with E-state index in [1.54, 1.807) is 12.1 Å². The Balaban J connectivity index is 2.14. The van der Waals surface area contributed by atoms with Crippen LogP contribution in [0.5, 0.6) is 5.88 Å². The van der Waals surface area contributed by atoms with Gasteiger partial charge in [0, 0.05) is 11.7 Å². The zero-order chi connectivity index (χ0) is 14.7. The highest BCUT2D eigenvalue weighted by Crippen LogP contribution is 2.26. The Morgan fingerprint density at radius 3 is 2.80 bits per heavy atom. The number of carbonyl (C=O) groups excluding carboxylic acids is 1. The molecule has 0 aromatic carbocycles. The van der Waals surface area contributed by atoms with Gasteiger partial charge in [0.2, 0.25) is 5.88 Å². The van der Waals surface area contributed by atoms with Crippen molar-refractivity contribution < 1.29 is 19.4 Å². The van der Waals surface area contributed by atoms with Gasteiger partial charge in [-0.1, -0.05) is 6.42 Å². The molecule has 6 nitrogen and oxygen atoms in total. The second kappa shape index (κ2) is 5.90. The lowest BCUT2D eigenvalue weighted by atomic mass is 10.0. The van der Waals surface area contributed by atoms with Gasteiger partial charge in [-0.2, -0.15) is 0 Å². The number of ether oxygens (including phenoxy) is 1. The largest absolute Gasteiger partial charge is 0.481 e. The van der Waals surface area contributed by atoms with Crippen LogP contribution in [0.15, 0.2) is 12.1 Å². The first-order valence-corrected chi connectivity index (χ1v) is 6.58. The summed E-state index contributed by atoms with van der Waals surface area (Å²) in [4.78, 5) is 27.5. The molecule has 6 heteroatoms. The number of rotatable bonds is 4. The molecule has 1 aromatic rings. The highest BCUT2D eigenvalue weighted by atomic mass is 16.5. The van der Waals surface area contributed by atoms with Crippen molar-refractivity contribution in [1.29, 1.82) is 0 Å². The van der Waals surface area contributed by atoms with Crippen molar-refractivity contribution in [2.24, 2.45) is 5.92 Å². The summed E-state index contributed by atoms with van der Waals surface area (Å²) in [7, 11) is 1.45. The molecular formula is C14H18N2O4. The summed E-state index contributed by atoms with van der Waals surface area (Å²) in [6, 6.07) is 3.04. The lowest BCUT2D eigenvalue weighted by Gasteiger charge is -2.18. The first kappa shape index (κ1) is 14.3. The number of methoxy groups -OCH3 is 1. The molecule has 1 saturated carbocycles. The molecular weight excluding hydrogens is 260 g/mol. The van der Waals surface area contributed by atoms with E-state index in [0.29, 0.717) is 18.4 Å². The number of carbonyl (C=O) groups is 2. The van der Waals surface area contributed by atoms with Crippen LogP contribution in [0, 0.1) is 12.8 Å². The molecule has 2 N–H and O–H groups in total. The Labute approximate surface area is 117 Å². The van der Waals surface area contributed by atoms with E-state index in [0.717, 1.165) is 12.1 Å². The maximum absolute atomic E-state index is 12.2. The van der Waals surface area contributed by atoms with Crippen LogP contribution in [0.2, 0.25) is 0 Å². The number of aryl methyl sites for hydroxylation is 1. The van der Waals surface area contributed by atoms with E-state index >= 15 is 0 Å². The number of carboxylic acids is 1. The van der Waals surface area contributed by atoms with Gasteiger partial charge in [-0.3, -0.25) is 9.59 Å². The van der Waals surface area contributed by atoms with Gasteiger partial charge in [-0.15, -0.1) is 0 Å². The molecule has 108 valence electrons. The SMILES string of the molecule is COc1nc(C)ccc1C(=O)N[C@@H]1CCC[C@@H]1C(=O)O. The van der Waals surface area contributed by atoms with E-state index in [1.165, 1.54) is 7.11 Å². The van der Waals surface area contributed by atoms with Gasteiger partial charge in [-0.05, 0) is 31.9 Å². The fourth-order valence-electron chi connectivity index (χ4n) is 2.54. The van der Waals surface area contributed by atoms with Crippen LogP contribution in [0.1, 0.15) is 35.3 Å². The molecule has 1 amide bonds. The van der Waals surface area contributed by atoms with Crippen LogP contribution in [0.4, 0.5) is 0 Å². The van der Waals surface area contributed by atoms with Crippen LogP contribution < -0.4 is 10.1 Å². The summed E-state index contributed by atoms with van der Waals surface area (Å²) in [6.07, 6.45) is 2.10. The van der Waals surface area contributed by atoms with Gasteiger partial charge in [0.1, 0.15) is 5.56 Å². The van der Waals surface area contributed by atoms with E-state index in [1.807, 2.05) is 6.92 Å². The average Bonchev–Trinajstić information content (AvgIpc) is 2.86. The summed E-state index contributed by atoms with van der Waals surface area (Å²) in [5.41, 5.74) is 1.08. The van der Waals surface area contributed by atoms with E-state index in [9.17, 15) is 9.59 Å². The highest BCUT2D eigenvalue weighted by molar-refractivity contribution is 5.96. The van der Waals surface area contributed by atoms with E-state index in [4.69, 9.17) is 9.84 Å². The van der Waals surface area contributed by atoms with Crippen molar-refractivity contribution >= 4 is 11.9 Å². The fourth-order valence-corrected chi connectivity index (χ4v) is 2.54. The summed E-state index contributed by atoms with van der Waals surface area (Å²) in [6.45, 7) is 1.81. The predicted molar refractivity (Wildman–Crippen MR) is 71.8 cm³/mol. The predicted octanol–water partition coefficient (Wildman–Crippen LogP) is 1.38. The number of nitrogens with zero attached hydrogens (tertiary/aromatic N) is 1. The van der Waals surface area contributed by atoms with E-state index < -0.39 is 11.9 Å². The summed E-state index contributed by atoms with van der Waals surface area (Å²) >= 11 is 0. The minimum absolute atomic E-state index is 0.257. The van der Waals surface area contributed by atoms with Crippen molar-refractivity contribution in [2.45, 2.75) is 32.2 Å². The monoisotopic (exact) mass is 278 g/mol. The Hall–Kier alpha value is -2.11. The molecule has 0 bridgehead atoms. The van der Waals surface area contributed by atoms with Crippen molar-refractivity contribution in [3.8, 4) is 5.88 Å². The molecule has 0 saturated heterocycles. The first-order valence-electron chi connectivity index (χ1n) is 6.58. The Morgan fingerprint density at radius 2 is 2.15 bits per heavy atom. The second-order valence-electron chi connectivity index (χ2n) is 4.97.